The van der Waals surface area contributed by atoms with Crippen LogP contribution in [-0.4, -0.2) is 24.3 Å². The molecule has 0 atom stereocenters. The fraction of sp³-hybridized carbons (Fsp3) is 0.286. The lowest BCUT2D eigenvalue weighted by Gasteiger charge is -2.08. The number of carbonyl (C=O) groups excluding carboxylic acids is 3. The first-order valence-electron chi connectivity index (χ1n) is 9.38. The van der Waals surface area contributed by atoms with E-state index in [1.54, 1.807) is 30.3 Å². The van der Waals surface area contributed by atoms with Gasteiger partial charge in [-0.2, -0.15) is 0 Å². The Kier molecular flexibility index (Phi) is 6.26. The van der Waals surface area contributed by atoms with Crippen LogP contribution in [-0.2, 0) is 16.0 Å². The summed E-state index contributed by atoms with van der Waals surface area (Å²) in [4.78, 5) is 35.5. The highest BCUT2D eigenvalue weighted by Gasteiger charge is 2.18. The Balaban J connectivity index is 1.32. The second-order valence-corrected chi connectivity index (χ2v) is 6.80. The Morgan fingerprint density at radius 1 is 1.07 bits per heavy atom. The van der Waals surface area contributed by atoms with E-state index < -0.39 is 0 Å². The van der Waals surface area contributed by atoms with E-state index in [1.807, 2.05) is 12.1 Å². The van der Waals surface area contributed by atoms with Gasteiger partial charge in [0.2, 0.25) is 11.8 Å². The maximum absolute atomic E-state index is 12.2. The van der Waals surface area contributed by atoms with Crippen molar-refractivity contribution in [3.63, 3.8) is 0 Å². The average molecular weight is 380 g/mol. The molecule has 5 N–H and O–H groups in total. The number of unbranched alkanes of at least 4 members (excludes halogenated alkanes) is 2. The summed E-state index contributed by atoms with van der Waals surface area (Å²) in [5.41, 5.74) is 9.13. The number of nitrogens with two attached hydrogens (primary N) is 1. The Morgan fingerprint density at radius 3 is 2.71 bits per heavy atom. The summed E-state index contributed by atoms with van der Waals surface area (Å²) in [6, 6.07) is 12.4. The average Bonchev–Trinajstić information content (AvgIpc) is 3.05. The summed E-state index contributed by atoms with van der Waals surface area (Å²) in [5.74, 6) is -0.282. The number of para-hydroxylation sites is 2. The van der Waals surface area contributed by atoms with E-state index in [4.69, 9.17) is 5.73 Å². The summed E-state index contributed by atoms with van der Waals surface area (Å²) in [6.07, 6.45) is 3.13. The zero-order chi connectivity index (χ0) is 19.9. The molecule has 0 aromatic heterocycles. The van der Waals surface area contributed by atoms with Gasteiger partial charge in [-0.05, 0) is 42.7 Å². The predicted molar refractivity (Wildman–Crippen MR) is 109 cm³/mol. The molecule has 0 fully saturated rings. The molecule has 0 radical (unpaired) electrons. The number of anilines is 3. The van der Waals surface area contributed by atoms with Crippen molar-refractivity contribution in [3.05, 3.63) is 53.6 Å². The van der Waals surface area contributed by atoms with Crippen molar-refractivity contribution in [1.82, 2.24) is 5.32 Å². The van der Waals surface area contributed by atoms with Gasteiger partial charge in [0, 0.05) is 24.2 Å². The molecule has 7 nitrogen and oxygen atoms in total. The van der Waals surface area contributed by atoms with Gasteiger partial charge in [0.15, 0.2) is 0 Å². The van der Waals surface area contributed by atoms with E-state index in [2.05, 4.69) is 16.0 Å². The maximum atomic E-state index is 12.2. The van der Waals surface area contributed by atoms with E-state index in [-0.39, 0.29) is 17.7 Å². The number of carbonyl (C=O) groups is 3. The van der Waals surface area contributed by atoms with Crippen LogP contribution in [0.25, 0.3) is 0 Å². The molecule has 0 saturated heterocycles. The van der Waals surface area contributed by atoms with Gasteiger partial charge in [0.05, 0.1) is 17.8 Å². The summed E-state index contributed by atoms with van der Waals surface area (Å²) < 4.78 is 0. The number of nitrogen functional groups attached to an aromatic ring is 1. The normalized spacial score (nSPS) is 12.2. The second-order valence-electron chi connectivity index (χ2n) is 6.80. The number of hydrogen-bond donors (Lipinski definition) is 4. The third kappa shape index (κ3) is 5.09. The first-order valence-corrected chi connectivity index (χ1v) is 9.38. The number of nitrogens with one attached hydrogen (secondary N) is 3. The number of hydrogen-bond acceptors (Lipinski definition) is 4. The minimum atomic E-state index is -0.166. The molecule has 3 rings (SSSR count). The lowest BCUT2D eigenvalue weighted by molar-refractivity contribution is -0.116. The quantitative estimate of drug-likeness (QED) is 0.416. The van der Waals surface area contributed by atoms with Crippen LogP contribution in [0.2, 0.25) is 0 Å². The number of amides is 3. The molecular formula is C21H24N4O3. The van der Waals surface area contributed by atoms with Crippen LogP contribution in [0.4, 0.5) is 17.1 Å². The fourth-order valence-corrected chi connectivity index (χ4v) is 3.07. The predicted octanol–water partition coefficient (Wildman–Crippen LogP) is 2.69. The van der Waals surface area contributed by atoms with Gasteiger partial charge in [0.1, 0.15) is 0 Å². The van der Waals surface area contributed by atoms with Crippen molar-refractivity contribution in [2.24, 2.45) is 0 Å². The van der Waals surface area contributed by atoms with E-state index >= 15 is 0 Å². The first kappa shape index (κ1) is 19.4. The maximum Gasteiger partial charge on any atom is 0.251 e. The minimum absolute atomic E-state index is 0.0495. The molecule has 2 aromatic carbocycles. The topological polar surface area (TPSA) is 113 Å². The lowest BCUT2D eigenvalue weighted by Crippen LogP contribution is -2.24. The molecule has 1 heterocycles. The van der Waals surface area contributed by atoms with Crippen molar-refractivity contribution in [1.29, 1.82) is 0 Å². The van der Waals surface area contributed by atoms with Gasteiger partial charge in [0.25, 0.3) is 5.91 Å². The molecule has 0 aliphatic carbocycles. The Labute approximate surface area is 163 Å². The molecule has 3 amide bonds. The Bertz CT molecular complexity index is 895. The highest BCUT2D eigenvalue weighted by Crippen LogP contribution is 2.24. The molecule has 0 saturated carbocycles. The lowest BCUT2D eigenvalue weighted by atomic mass is 10.1. The van der Waals surface area contributed by atoms with Crippen LogP contribution >= 0.6 is 0 Å². The zero-order valence-corrected chi connectivity index (χ0v) is 15.6. The van der Waals surface area contributed by atoms with Crippen LogP contribution in [0.5, 0.6) is 0 Å². The highest BCUT2D eigenvalue weighted by molar-refractivity contribution is 6.02. The largest absolute Gasteiger partial charge is 0.397 e. The van der Waals surface area contributed by atoms with Gasteiger partial charge in [-0.15, -0.1) is 0 Å². The van der Waals surface area contributed by atoms with E-state index in [1.165, 1.54) is 0 Å². The standard InChI is InChI=1S/C21H24N4O3/c22-16-6-3-4-7-17(16)24-19(26)8-2-1-5-11-23-21(28)15-10-9-14-13-20(27)25-18(14)12-15/h3-4,6-7,9-10,12H,1-2,5,8,11,13,22H2,(H,23,28)(H,24,26)(H,25,27). The monoisotopic (exact) mass is 380 g/mol. The second kappa shape index (κ2) is 9.03. The Hall–Kier alpha value is -3.35. The molecule has 7 heteroatoms. The molecular weight excluding hydrogens is 356 g/mol. The van der Waals surface area contributed by atoms with Crippen LogP contribution in [0, 0.1) is 0 Å². The van der Waals surface area contributed by atoms with Crippen molar-refractivity contribution < 1.29 is 14.4 Å². The summed E-state index contributed by atoms with van der Waals surface area (Å²) in [5, 5.41) is 8.41. The summed E-state index contributed by atoms with van der Waals surface area (Å²) in [6.45, 7) is 0.537. The molecule has 146 valence electrons. The van der Waals surface area contributed by atoms with E-state index in [0.717, 1.165) is 24.8 Å². The van der Waals surface area contributed by atoms with Gasteiger partial charge >= 0.3 is 0 Å². The molecule has 1 aliphatic rings. The third-order valence-electron chi connectivity index (χ3n) is 4.60. The number of fused-ring (bicyclic) bond motifs is 1. The van der Waals surface area contributed by atoms with Crippen LogP contribution in [0.3, 0.4) is 0 Å². The molecule has 28 heavy (non-hydrogen) atoms. The molecule has 2 aromatic rings. The molecule has 0 bridgehead atoms. The van der Waals surface area contributed by atoms with Crippen molar-refractivity contribution in [2.45, 2.75) is 32.1 Å². The molecule has 1 aliphatic heterocycles. The number of rotatable bonds is 8. The summed E-state index contributed by atoms with van der Waals surface area (Å²) >= 11 is 0. The van der Waals surface area contributed by atoms with Crippen molar-refractivity contribution >= 4 is 34.8 Å². The third-order valence-corrected chi connectivity index (χ3v) is 4.60. The number of benzene rings is 2. The first-order chi connectivity index (χ1) is 13.5. The van der Waals surface area contributed by atoms with Crippen molar-refractivity contribution in [3.8, 4) is 0 Å². The van der Waals surface area contributed by atoms with Crippen LogP contribution in [0.15, 0.2) is 42.5 Å². The van der Waals surface area contributed by atoms with Gasteiger partial charge in [-0.3, -0.25) is 14.4 Å². The van der Waals surface area contributed by atoms with Crippen molar-refractivity contribution in [2.75, 3.05) is 22.9 Å². The highest BCUT2D eigenvalue weighted by atomic mass is 16.2. The van der Waals surface area contributed by atoms with E-state index in [0.29, 0.717) is 42.0 Å². The Morgan fingerprint density at radius 2 is 1.89 bits per heavy atom. The zero-order valence-electron chi connectivity index (χ0n) is 15.6. The molecule has 0 spiro atoms. The SMILES string of the molecule is Nc1ccccc1NC(=O)CCCCCNC(=O)c1ccc2c(c1)NC(=O)C2. The fourth-order valence-electron chi connectivity index (χ4n) is 3.07. The smallest absolute Gasteiger partial charge is 0.251 e. The van der Waals surface area contributed by atoms with Crippen LogP contribution < -0.4 is 21.7 Å². The van der Waals surface area contributed by atoms with Crippen LogP contribution in [0.1, 0.15) is 41.6 Å². The summed E-state index contributed by atoms with van der Waals surface area (Å²) in [7, 11) is 0. The minimum Gasteiger partial charge on any atom is -0.397 e. The van der Waals surface area contributed by atoms with Gasteiger partial charge in [-0.25, -0.2) is 0 Å². The van der Waals surface area contributed by atoms with E-state index in [9.17, 15) is 14.4 Å². The molecule has 0 unspecified atom stereocenters. The van der Waals surface area contributed by atoms with Gasteiger partial charge < -0.3 is 21.7 Å². The van der Waals surface area contributed by atoms with Gasteiger partial charge in [-0.1, -0.05) is 24.6 Å².